The molecule has 0 spiro atoms. The van der Waals surface area contributed by atoms with E-state index in [0.29, 0.717) is 25.2 Å². The molecule has 0 aliphatic carbocycles. The van der Waals surface area contributed by atoms with E-state index in [1.165, 1.54) is 0 Å². The Morgan fingerprint density at radius 2 is 1.69 bits per heavy atom. The predicted molar refractivity (Wildman–Crippen MR) is 157 cm³/mol. The number of hydrogen-bond acceptors (Lipinski definition) is 6. The van der Waals surface area contributed by atoms with Crippen LogP contribution >= 0.6 is 15.9 Å². The molecule has 0 saturated carbocycles. The van der Waals surface area contributed by atoms with Crippen molar-refractivity contribution in [1.82, 2.24) is 19.4 Å². The maximum Gasteiger partial charge on any atom is 0.253 e. The summed E-state index contributed by atoms with van der Waals surface area (Å²) in [5, 5.41) is 0. The number of methoxy groups -OCH3 is 2. The summed E-state index contributed by atoms with van der Waals surface area (Å²) < 4.78 is 14.0. The minimum absolute atomic E-state index is 0.0000805. The molecule has 3 heterocycles. The van der Waals surface area contributed by atoms with Crippen LogP contribution in [0.3, 0.4) is 0 Å². The number of hydrogen-bond donors (Lipinski definition) is 0. The van der Waals surface area contributed by atoms with Gasteiger partial charge in [0.2, 0.25) is 5.91 Å². The van der Waals surface area contributed by atoms with E-state index < -0.39 is 0 Å². The molecule has 2 aromatic heterocycles. The van der Waals surface area contributed by atoms with Crippen molar-refractivity contribution >= 4 is 27.9 Å². The molecule has 206 valence electrons. The molecule has 0 unspecified atom stereocenters. The van der Waals surface area contributed by atoms with Crippen LogP contribution in [-0.2, 0) is 18.4 Å². The number of benzene rings is 1. The molecule has 0 bridgehead atoms. The van der Waals surface area contributed by atoms with E-state index in [2.05, 4.69) is 25.8 Å². The average Bonchev–Trinajstić information content (AvgIpc) is 2.93. The van der Waals surface area contributed by atoms with Gasteiger partial charge in [0.1, 0.15) is 16.1 Å². The van der Waals surface area contributed by atoms with Gasteiger partial charge in [0.15, 0.2) is 0 Å². The summed E-state index contributed by atoms with van der Waals surface area (Å²) in [6.45, 7) is 9.03. The van der Waals surface area contributed by atoms with Gasteiger partial charge in [-0.25, -0.2) is 4.98 Å². The Labute approximate surface area is 238 Å². The van der Waals surface area contributed by atoms with Gasteiger partial charge in [-0.15, -0.1) is 0 Å². The van der Waals surface area contributed by atoms with Crippen molar-refractivity contribution in [3.05, 3.63) is 79.4 Å². The number of rotatable bonds is 7. The van der Waals surface area contributed by atoms with Gasteiger partial charge in [-0.1, -0.05) is 6.07 Å². The second-order valence-electron chi connectivity index (χ2n) is 9.85. The fourth-order valence-electron chi connectivity index (χ4n) is 4.93. The van der Waals surface area contributed by atoms with Crippen molar-refractivity contribution in [2.45, 2.75) is 27.3 Å². The van der Waals surface area contributed by atoms with Crippen molar-refractivity contribution in [2.75, 3.05) is 40.4 Å². The van der Waals surface area contributed by atoms with Crippen molar-refractivity contribution < 1.29 is 14.3 Å². The van der Waals surface area contributed by atoms with E-state index in [0.717, 1.165) is 62.7 Å². The average molecular weight is 596 g/mol. The summed E-state index contributed by atoms with van der Waals surface area (Å²) in [4.78, 5) is 34.0. The summed E-state index contributed by atoms with van der Waals surface area (Å²) in [6.07, 6.45) is 3.68. The third kappa shape index (κ3) is 6.25. The predicted octanol–water partition coefficient (Wildman–Crippen LogP) is 4.59. The molecular formula is C30H35BrN4O4. The van der Waals surface area contributed by atoms with Crippen molar-refractivity contribution in [3.63, 3.8) is 0 Å². The molecule has 1 amide bonds. The number of carbonyl (C=O) groups is 1. The number of nitrogens with zero attached hydrogens (tertiary/aromatic N) is 4. The Hall–Kier alpha value is -3.43. The van der Waals surface area contributed by atoms with Crippen LogP contribution in [0.1, 0.15) is 29.3 Å². The zero-order valence-electron chi connectivity index (χ0n) is 23.4. The zero-order valence-corrected chi connectivity index (χ0v) is 25.0. The molecule has 1 saturated heterocycles. The third-order valence-corrected chi connectivity index (χ3v) is 7.77. The minimum atomic E-state index is -0.0000805. The first-order valence-electron chi connectivity index (χ1n) is 12.9. The summed E-state index contributed by atoms with van der Waals surface area (Å²) in [6, 6.07) is 9.66. The monoisotopic (exact) mass is 594 g/mol. The number of pyridine rings is 2. The lowest BCUT2D eigenvalue weighted by atomic mass is 9.97. The van der Waals surface area contributed by atoms with Gasteiger partial charge in [0.25, 0.3) is 5.56 Å². The Balaban J connectivity index is 1.50. The maximum absolute atomic E-state index is 13.1. The molecule has 1 aliphatic rings. The van der Waals surface area contributed by atoms with Crippen LogP contribution in [0.25, 0.3) is 17.2 Å². The van der Waals surface area contributed by atoms with Crippen molar-refractivity contribution in [2.24, 2.45) is 7.05 Å². The number of halogens is 1. The van der Waals surface area contributed by atoms with Crippen molar-refractivity contribution in [3.8, 4) is 22.6 Å². The van der Waals surface area contributed by atoms with Crippen LogP contribution in [0.2, 0.25) is 0 Å². The first-order chi connectivity index (χ1) is 18.6. The molecule has 1 aromatic carbocycles. The second kappa shape index (κ2) is 12.2. The Morgan fingerprint density at radius 1 is 1.05 bits per heavy atom. The normalized spacial score (nSPS) is 14.4. The molecule has 9 heteroatoms. The van der Waals surface area contributed by atoms with Gasteiger partial charge >= 0.3 is 0 Å². The van der Waals surface area contributed by atoms with Gasteiger partial charge in [-0.05, 0) is 78.2 Å². The number of aryl methyl sites for hydroxylation is 1. The molecule has 4 rings (SSSR count). The lowest BCUT2D eigenvalue weighted by Crippen LogP contribution is -2.48. The highest BCUT2D eigenvalue weighted by molar-refractivity contribution is 9.10. The summed E-state index contributed by atoms with van der Waals surface area (Å²) >= 11 is 3.38. The van der Waals surface area contributed by atoms with Gasteiger partial charge in [0.05, 0.1) is 25.5 Å². The Kier molecular flexibility index (Phi) is 8.92. The maximum atomic E-state index is 13.1. The fraction of sp³-hybridized carbons (Fsp3) is 0.367. The van der Waals surface area contributed by atoms with Crippen LogP contribution < -0.4 is 15.0 Å². The van der Waals surface area contributed by atoms with Crippen LogP contribution in [0.5, 0.6) is 11.5 Å². The molecule has 0 atom stereocenters. The smallest absolute Gasteiger partial charge is 0.253 e. The van der Waals surface area contributed by atoms with Gasteiger partial charge < -0.3 is 18.9 Å². The Morgan fingerprint density at radius 3 is 2.28 bits per heavy atom. The van der Waals surface area contributed by atoms with Gasteiger partial charge in [-0.3, -0.25) is 14.5 Å². The number of aromatic nitrogens is 2. The SMILES string of the molecule is COc1cc(-c2cn(C)c(=O)c(C)c2C)cc(OC)c1CN1CCN(C(=O)/C(C)=C/c2cccc(Br)n2)CC1. The molecule has 8 nitrogen and oxygen atoms in total. The van der Waals surface area contributed by atoms with Crippen LogP contribution in [0.15, 0.2) is 51.5 Å². The summed E-state index contributed by atoms with van der Waals surface area (Å²) in [5.74, 6) is 1.49. The second-order valence-corrected chi connectivity index (χ2v) is 10.7. The van der Waals surface area contributed by atoms with E-state index >= 15 is 0 Å². The van der Waals surface area contributed by atoms with E-state index in [9.17, 15) is 9.59 Å². The quantitative estimate of drug-likeness (QED) is 0.294. The molecule has 39 heavy (non-hydrogen) atoms. The highest BCUT2D eigenvalue weighted by Crippen LogP contribution is 2.37. The number of carbonyl (C=O) groups excluding carboxylic acids is 1. The van der Waals surface area contributed by atoms with E-state index in [4.69, 9.17) is 9.47 Å². The first-order valence-corrected chi connectivity index (χ1v) is 13.7. The molecular weight excluding hydrogens is 560 g/mol. The van der Waals surface area contributed by atoms with Crippen molar-refractivity contribution in [1.29, 1.82) is 0 Å². The molecule has 1 aliphatic heterocycles. The highest BCUT2D eigenvalue weighted by Gasteiger charge is 2.25. The standard InChI is InChI=1S/C30H35BrN4O4/c1-19(14-23-8-7-9-28(31)32-23)29(36)35-12-10-34(11-13-35)18-25-26(38-5)15-22(16-27(25)39-6)24-17-33(4)30(37)21(3)20(24)2/h7-9,14-17H,10-13,18H2,1-6H3/b19-14+. The topological polar surface area (TPSA) is 76.9 Å². The van der Waals surface area contributed by atoms with E-state index in [1.54, 1.807) is 25.8 Å². The fourth-order valence-corrected chi connectivity index (χ4v) is 5.29. The lowest BCUT2D eigenvalue weighted by Gasteiger charge is -2.35. The third-order valence-electron chi connectivity index (χ3n) is 7.33. The lowest BCUT2D eigenvalue weighted by molar-refractivity contribution is -0.128. The first kappa shape index (κ1) is 28.6. The molecule has 0 N–H and O–H groups in total. The molecule has 3 aromatic rings. The zero-order chi connectivity index (χ0) is 28.3. The number of ether oxygens (including phenoxy) is 2. The van der Waals surface area contributed by atoms with Gasteiger partial charge in [0, 0.05) is 62.7 Å². The van der Waals surface area contributed by atoms with Crippen LogP contribution in [-0.4, -0.2) is 65.7 Å². The van der Waals surface area contributed by atoms with E-state index in [1.807, 2.05) is 68.3 Å². The Bertz CT molecular complexity index is 1450. The summed E-state index contributed by atoms with van der Waals surface area (Å²) in [7, 11) is 5.08. The minimum Gasteiger partial charge on any atom is -0.496 e. The summed E-state index contributed by atoms with van der Waals surface area (Å²) in [5.41, 5.74) is 5.93. The van der Waals surface area contributed by atoms with Gasteiger partial charge in [-0.2, -0.15) is 0 Å². The largest absolute Gasteiger partial charge is 0.496 e. The highest BCUT2D eigenvalue weighted by atomic mass is 79.9. The molecule has 1 fully saturated rings. The number of amides is 1. The number of piperazine rings is 1. The van der Waals surface area contributed by atoms with E-state index in [-0.39, 0.29) is 11.5 Å². The van der Waals surface area contributed by atoms with Crippen LogP contribution in [0, 0.1) is 13.8 Å². The van der Waals surface area contributed by atoms with Crippen LogP contribution in [0.4, 0.5) is 0 Å². The molecule has 0 radical (unpaired) electrons.